The summed E-state index contributed by atoms with van der Waals surface area (Å²) < 4.78 is 5.01. The molecular formula is C12H17N3O4. The average Bonchev–Trinajstić information content (AvgIpc) is 2.38. The minimum absolute atomic E-state index is 0.00720. The molecule has 104 valence electrons. The van der Waals surface area contributed by atoms with Crippen molar-refractivity contribution < 1.29 is 14.5 Å². The van der Waals surface area contributed by atoms with Gasteiger partial charge in [-0.15, -0.1) is 0 Å². The third kappa shape index (κ3) is 4.31. The SMILES string of the molecule is COC(CN)CC(=O)Nc1ccc([N+](=O)[O-])cc1C. The highest BCUT2D eigenvalue weighted by atomic mass is 16.6. The molecule has 0 aliphatic heterocycles. The number of benzene rings is 1. The van der Waals surface area contributed by atoms with Gasteiger partial charge in [0.15, 0.2) is 0 Å². The molecule has 0 aliphatic rings. The van der Waals surface area contributed by atoms with Gasteiger partial charge >= 0.3 is 0 Å². The van der Waals surface area contributed by atoms with Crippen molar-refractivity contribution >= 4 is 17.3 Å². The molecule has 1 aromatic rings. The summed E-state index contributed by atoms with van der Waals surface area (Å²) in [6.45, 7) is 1.95. The molecule has 0 saturated heterocycles. The second-order valence-electron chi connectivity index (χ2n) is 4.10. The lowest BCUT2D eigenvalue weighted by atomic mass is 10.1. The molecule has 7 heteroatoms. The lowest BCUT2D eigenvalue weighted by molar-refractivity contribution is -0.384. The van der Waals surface area contributed by atoms with Gasteiger partial charge in [-0.3, -0.25) is 14.9 Å². The Morgan fingerprint density at radius 3 is 2.74 bits per heavy atom. The fourth-order valence-electron chi connectivity index (χ4n) is 1.57. The minimum Gasteiger partial charge on any atom is -0.380 e. The number of carbonyl (C=O) groups excluding carboxylic acids is 1. The number of methoxy groups -OCH3 is 1. The Morgan fingerprint density at radius 1 is 1.58 bits per heavy atom. The van der Waals surface area contributed by atoms with E-state index < -0.39 is 4.92 Å². The van der Waals surface area contributed by atoms with Crippen molar-refractivity contribution in [2.24, 2.45) is 5.73 Å². The van der Waals surface area contributed by atoms with Crippen LogP contribution in [0.15, 0.2) is 18.2 Å². The lowest BCUT2D eigenvalue weighted by Crippen LogP contribution is -2.28. The number of hydrogen-bond acceptors (Lipinski definition) is 5. The fraction of sp³-hybridized carbons (Fsp3) is 0.417. The predicted molar refractivity (Wildman–Crippen MR) is 70.9 cm³/mol. The van der Waals surface area contributed by atoms with E-state index in [2.05, 4.69) is 5.32 Å². The van der Waals surface area contributed by atoms with Gasteiger partial charge in [-0.2, -0.15) is 0 Å². The summed E-state index contributed by atoms with van der Waals surface area (Å²) in [6.07, 6.45) is -0.193. The molecule has 3 N–H and O–H groups in total. The number of ether oxygens (including phenoxy) is 1. The number of anilines is 1. The summed E-state index contributed by atoms with van der Waals surface area (Å²) in [5.74, 6) is -0.241. The summed E-state index contributed by atoms with van der Waals surface area (Å²) in [4.78, 5) is 21.9. The highest BCUT2D eigenvalue weighted by molar-refractivity contribution is 5.92. The van der Waals surface area contributed by atoms with Crippen molar-refractivity contribution in [2.75, 3.05) is 19.0 Å². The number of nitrogens with one attached hydrogen (secondary N) is 1. The van der Waals surface area contributed by atoms with E-state index >= 15 is 0 Å². The van der Waals surface area contributed by atoms with Crippen LogP contribution >= 0.6 is 0 Å². The first-order chi connectivity index (χ1) is 8.97. The molecule has 19 heavy (non-hydrogen) atoms. The number of aryl methyl sites for hydroxylation is 1. The molecule has 0 heterocycles. The Kier molecular flexibility index (Phi) is 5.40. The van der Waals surface area contributed by atoms with E-state index in [-0.39, 0.29) is 30.7 Å². The maximum absolute atomic E-state index is 11.7. The van der Waals surface area contributed by atoms with Crippen LogP contribution in [-0.2, 0) is 9.53 Å². The number of nitro benzene ring substituents is 1. The number of carbonyl (C=O) groups is 1. The van der Waals surface area contributed by atoms with Crippen molar-refractivity contribution in [3.8, 4) is 0 Å². The van der Waals surface area contributed by atoms with E-state index in [1.54, 1.807) is 6.92 Å². The van der Waals surface area contributed by atoms with E-state index in [9.17, 15) is 14.9 Å². The zero-order valence-electron chi connectivity index (χ0n) is 10.9. The Bertz CT molecular complexity index is 472. The topological polar surface area (TPSA) is 107 Å². The first-order valence-corrected chi connectivity index (χ1v) is 5.75. The summed E-state index contributed by atoms with van der Waals surface area (Å²) in [6, 6.07) is 4.27. The Labute approximate surface area is 110 Å². The van der Waals surface area contributed by atoms with Crippen LogP contribution in [0.1, 0.15) is 12.0 Å². The van der Waals surface area contributed by atoms with Gasteiger partial charge in [0, 0.05) is 31.5 Å². The first-order valence-electron chi connectivity index (χ1n) is 5.75. The number of amides is 1. The molecule has 1 unspecified atom stereocenters. The zero-order chi connectivity index (χ0) is 14.4. The number of nitrogens with zero attached hydrogens (tertiary/aromatic N) is 1. The molecule has 1 atom stereocenters. The van der Waals surface area contributed by atoms with Crippen molar-refractivity contribution in [1.82, 2.24) is 0 Å². The maximum Gasteiger partial charge on any atom is 0.269 e. The predicted octanol–water partition coefficient (Wildman–Crippen LogP) is 1.21. The van der Waals surface area contributed by atoms with Crippen molar-refractivity contribution in [3.05, 3.63) is 33.9 Å². The molecule has 0 aliphatic carbocycles. The van der Waals surface area contributed by atoms with Gasteiger partial charge in [0.2, 0.25) is 5.91 Å². The van der Waals surface area contributed by atoms with Crippen LogP contribution in [-0.4, -0.2) is 30.6 Å². The molecule has 1 amide bonds. The Morgan fingerprint density at radius 2 is 2.26 bits per heavy atom. The molecule has 0 spiro atoms. The first kappa shape index (κ1) is 15.1. The van der Waals surface area contributed by atoms with Crippen LogP contribution in [0.2, 0.25) is 0 Å². The van der Waals surface area contributed by atoms with Gasteiger partial charge in [0.1, 0.15) is 0 Å². The van der Waals surface area contributed by atoms with Gasteiger partial charge in [-0.25, -0.2) is 0 Å². The molecule has 1 rings (SSSR count). The molecule has 0 bridgehead atoms. The van der Waals surface area contributed by atoms with E-state index in [0.29, 0.717) is 11.3 Å². The summed E-state index contributed by atoms with van der Waals surface area (Å²) in [7, 11) is 1.49. The fourth-order valence-corrected chi connectivity index (χ4v) is 1.57. The van der Waals surface area contributed by atoms with Crippen LogP contribution in [0.5, 0.6) is 0 Å². The summed E-state index contributed by atoms with van der Waals surface area (Å²) in [5, 5.41) is 13.3. The number of non-ortho nitro benzene ring substituents is 1. The largest absolute Gasteiger partial charge is 0.380 e. The quantitative estimate of drug-likeness (QED) is 0.595. The zero-order valence-corrected chi connectivity index (χ0v) is 10.9. The number of nitrogens with two attached hydrogens (primary N) is 1. The van der Waals surface area contributed by atoms with E-state index in [4.69, 9.17) is 10.5 Å². The van der Waals surface area contributed by atoms with E-state index in [0.717, 1.165) is 0 Å². The minimum atomic E-state index is -0.478. The van der Waals surface area contributed by atoms with Crippen LogP contribution in [0.25, 0.3) is 0 Å². The van der Waals surface area contributed by atoms with E-state index in [1.807, 2.05) is 0 Å². The van der Waals surface area contributed by atoms with Gasteiger partial charge in [-0.05, 0) is 18.6 Å². The number of rotatable bonds is 6. The monoisotopic (exact) mass is 267 g/mol. The van der Waals surface area contributed by atoms with Gasteiger partial charge in [0.25, 0.3) is 5.69 Å². The van der Waals surface area contributed by atoms with Crippen LogP contribution in [0.3, 0.4) is 0 Å². The van der Waals surface area contributed by atoms with Crippen molar-refractivity contribution in [3.63, 3.8) is 0 Å². The highest BCUT2D eigenvalue weighted by Gasteiger charge is 2.14. The smallest absolute Gasteiger partial charge is 0.269 e. The van der Waals surface area contributed by atoms with Crippen molar-refractivity contribution in [1.29, 1.82) is 0 Å². The highest BCUT2D eigenvalue weighted by Crippen LogP contribution is 2.21. The molecule has 0 saturated carbocycles. The molecule has 0 fully saturated rings. The maximum atomic E-state index is 11.7. The van der Waals surface area contributed by atoms with Gasteiger partial charge in [0.05, 0.1) is 17.4 Å². The molecule has 0 radical (unpaired) electrons. The molecular weight excluding hydrogens is 250 g/mol. The molecule has 0 aromatic heterocycles. The second-order valence-corrected chi connectivity index (χ2v) is 4.10. The Balaban J connectivity index is 2.72. The number of hydrogen-bond donors (Lipinski definition) is 2. The Hall–Kier alpha value is -1.99. The molecule has 1 aromatic carbocycles. The van der Waals surface area contributed by atoms with Gasteiger partial charge < -0.3 is 15.8 Å². The standard InChI is InChI=1S/C12H17N3O4/c1-8-5-9(15(17)18)3-4-11(8)14-12(16)6-10(7-13)19-2/h3-5,10H,6-7,13H2,1-2H3,(H,14,16). The summed E-state index contributed by atoms with van der Waals surface area (Å²) in [5.41, 5.74) is 6.59. The average molecular weight is 267 g/mol. The second kappa shape index (κ2) is 6.81. The van der Waals surface area contributed by atoms with Crippen molar-refractivity contribution in [2.45, 2.75) is 19.4 Å². The summed E-state index contributed by atoms with van der Waals surface area (Å²) >= 11 is 0. The molecule has 7 nitrogen and oxygen atoms in total. The third-order valence-electron chi connectivity index (χ3n) is 2.70. The number of nitro groups is 1. The lowest BCUT2D eigenvalue weighted by Gasteiger charge is -2.13. The van der Waals surface area contributed by atoms with Crippen LogP contribution < -0.4 is 11.1 Å². The van der Waals surface area contributed by atoms with Crippen LogP contribution in [0, 0.1) is 17.0 Å². The van der Waals surface area contributed by atoms with Crippen LogP contribution in [0.4, 0.5) is 11.4 Å². The third-order valence-corrected chi connectivity index (χ3v) is 2.70. The normalized spacial score (nSPS) is 11.9. The van der Waals surface area contributed by atoms with Gasteiger partial charge in [-0.1, -0.05) is 0 Å². The van der Waals surface area contributed by atoms with E-state index in [1.165, 1.54) is 25.3 Å².